The van der Waals surface area contributed by atoms with Crippen LogP contribution in [0.2, 0.25) is 0 Å². The summed E-state index contributed by atoms with van der Waals surface area (Å²) >= 11 is 0. The molecular weight excluding hydrogens is 204 g/mol. The Labute approximate surface area is 96.2 Å². The van der Waals surface area contributed by atoms with E-state index in [1.807, 2.05) is 0 Å². The highest BCUT2D eigenvalue weighted by molar-refractivity contribution is 5.26. The van der Waals surface area contributed by atoms with E-state index >= 15 is 0 Å². The van der Waals surface area contributed by atoms with Crippen LogP contribution in [0.3, 0.4) is 0 Å². The fourth-order valence-electron chi connectivity index (χ4n) is 2.41. The molecule has 0 saturated carbocycles. The summed E-state index contributed by atoms with van der Waals surface area (Å²) in [5.41, 5.74) is 3.23. The van der Waals surface area contributed by atoms with E-state index in [-0.39, 0.29) is 6.61 Å². The Morgan fingerprint density at radius 3 is 2.75 bits per heavy atom. The van der Waals surface area contributed by atoms with E-state index in [1.54, 1.807) is 0 Å². The second-order valence-electron chi connectivity index (χ2n) is 4.20. The van der Waals surface area contributed by atoms with Crippen LogP contribution in [0.5, 0.6) is 0 Å². The van der Waals surface area contributed by atoms with Gasteiger partial charge in [0.15, 0.2) is 0 Å². The highest BCUT2D eigenvalue weighted by atomic mass is 16.5. The van der Waals surface area contributed by atoms with Crippen LogP contribution in [-0.4, -0.2) is 28.1 Å². The van der Waals surface area contributed by atoms with Gasteiger partial charge in [-0.1, -0.05) is 13.8 Å². The molecule has 1 saturated heterocycles. The molecule has 1 aromatic heterocycles. The van der Waals surface area contributed by atoms with Crippen molar-refractivity contribution in [3.63, 3.8) is 0 Å². The van der Waals surface area contributed by atoms with E-state index in [1.165, 1.54) is 5.69 Å². The topological polar surface area (TPSA) is 47.3 Å². The molecule has 16 heavy (non-hydrogen) atoms. The third-order valence-corrected chi connectivity index (χ3v) is 3.28. The molecule has 0 aromatic carbocycles. The molecule has 0 aliphatic carbocycles. The minimum Gasteiger partial charge on any atom is -0.392 e. The molecule has 0 spiro atoms. The van der Waals surface area contributed by atoms with Crippen LogP contribution in [0.1, 0.15) is 43.3 Å². The molecule has 2 rings (SSSR count). The number of ether oxygens (including phenoxy) is 1. The number of rotatable bonds is 4. The van der Waals surface area contributed by atoms with Crippen LogP contribution in [0.4, 0.5) is 0 Å². The van der Waals surface area contributed by atoms with Crippen molar-refractivity contribution in [3.8, 4) is 0 Å². The highest BCUT2D eigenvalue weighted by Crippen LogP contribution is 2.25. The van der Waals surface area contributed by atoms with Crippen LogP contribution in [0, 0.1) is 0 Å². The summed E-state index contributed by atoms with van der Waals surface area (Å²) < 4.78 is 7.48. The molecular formula is C12H20N2O2. The fraction of sp³-hybridized carbons (Fsp3) is 0.750. The Kier molecular flexibility index (Phi) is 3.61. The van der Waals surface area contributed by atoms with Gasteiger partial charge in [-0.25, -0.2) is 0 Å². The zero-order chi connectivity index (χ0) is 11.5. The summed E-state index contributed by atoms with van der Waals surface area (Å²) in [6.07, 6.45) is 2.82. The summed E-state index contributed by atoms with van der Waals surface area (Å²) in [5, 5.41) is 14.1. The maximum atomic E-state index is 9.43. The number of aliphatic hydroxyl groups excluding tert-OH is 1. The lowest BCUT2D eigenvalue weighted by Crippen LogP contribution is -2.13. The number of aryl methyl sites for hydroxylation is 1. The van der Waals surface area contributed by atoms with Gasteiger partial charge in [0.25, 0.3) is 0 Å². The largest absolute Gasteiger partial charge is 0.392 e. The van der Waals surface area contributed by atoms with Gasteiger partial charge < -0.3 is 9.84 Å². The highest BCUT2D eigenvalue weighted by Gasteiger charge is 2.23. The average Bonchev–Trinajstić information content (AvgIpc) is 2.94. The van der Waals surface area contributed by atoms with Crippen LogP contribution in [0.15, 0.2) is 0 Å². The summed E-state index contributed by atoms with van der Waals surface area (Å²) in [6, 6.07) is 0.362. The molecule has 1 N–H and O–H groups in total. The first-order valence-corrected chi connectivity index (χ1v) is 6.09. The van der Waals surface area contributed by atoms with Crippen LogP contribution < -0.4 is 0 Å². The van der Waals surface area contributed by atoms with E-state index in [4.69, 9.17) is 4.74 Å². The number of hydrogen-bond donors (Lipinski definition) is 1. The van der Waals surface area contributed by atoms with Crippen LogP contribution >= 0.6 is 0 Å². The van der Waals surface area contributed by atoms with E-state index in [0.717, 1.165) is 43.7 Å². The second kappa shape index (κ2) is 4.97. The molecule has 0 amide bonds. The molecule has 1 aliphatic rings. The van der Waals surface area contributed by atoms with E-state index in [9.17, 15) is 5.11 Å². The van der Waals surface area contributed by atoms with Gasteiger partial charge in [0.1, 0.15) is 0 Å². The molecule has 1 aliphatic heterocycles. The molecule has 4 nitrogen and oxygen atoms in total. The quantitative estimate of drug-likeness (QED) is 0.842. The predicted octanol–water partition coefficient (Wildman–Crippen LogP) is 1.46. The van der Waals surface area contributed by atoms with Crippen molar-refractivity contribution in [3.05, 3.63) is 17.0 Å². The van der Waals surface area contributed by atoms with Crippen molar-refractivity contribution in [2.75, 3.05) is 13.2 Å². The first-order chi connectivity index (χ1) is 7.81. The Balaban J connectivity index is 2.39. The molecule has 1 fully saturated rings. The lowest BCUT2D eigenvalue weighted by Gasteiger charge is -2.12. The number of aliphatic hydroxyl groups is 1. The standard InChI is InChI=1S/C12H20N2O2/c1-3-11-10(7-15)12(4-2)14(13-11)9-5-6-16-8-9/h9,15H,3-8H2,1-2H3. The van der Waals surface area contributed by atoms with Gasteiger partial charge in [0, 0.05) is 17.9 Å². The minimum absolute atomic E-state index is 0.0971. The summed E-state index contributed by atoms with van der Waals surface area (Å²) in [4.78, 5) is 0. The Hall–Kier alpha value is -0.870. The first kappa shape index (κ1) is 11.6. The Morgan fingerprint density at radius 2 is 2.25 bits per heavy atom. The molecule has 0 radical (unpaired) electrons. The van der Waals surface area contributed by atoms with Crippen LogP contribution in [-0.2, 0) is 24.2 Å². The number of nitrogens with zero attached hydrogens (tertiary/aromatic N) is 2. The molecule has 90 valence electrons. The fourth-order valence-corrected chi connectivity index (χ4v) is 2.41. The predicted molar refractivity (Wildman–Crippen MR) is 61.4 cm³/mol. The summed E-state index contributed by atoms with van der Waals surface area (Å²) in [5.74, 6) is 0. The molecule has 4 heteroatoms. The van der Waals surface area contributed by atoms with Gasteiger partial charge in [0.2, 0.25) is 0 Å². The van der Waals surface area contributed by atoms with Crippen molar-refractivity contribution in [1.82, 2.24) is 9.78 Å². The van der Waals surface area contributed by atoms with Gasteiger partial charge >= 0.3 is 0 Å². The molecule has 2 heterocycles. The average molecular weight is 224 g/mol. The number of aromatic nitrogens is 2. The Morgan fingerprint density at radius 1 is 1.44 bits per heavy atom. The molecule has 0 bridgehead atoms. The first-order valence-electron chi connectivity index (χ1n) is 6.09. The monoisotopic (exact) mass is 224 g/mol. The minimum atomic E-state index is 0.0971. The molecule has 1 aromatic rings. The number of hydrogen-bond acceptors (Lipinski definition) is 3. The third kappa shape index (κ3) is 1.87. The van der Waals surface area contributed by atoms with Gasteiger partial charge in [-0.2, -0.15) is 5.10 Å². The zero-order valence-corrected chi connectivity index (χ0v) is 10.1. The van der Waals surface area contributed by atoms with Gasteiger partial charge in [-0.15, -0.1) is 0 Å². The molecule has 1 atom stereocenters. The molecule has 1 unspecified atom stereocenters. The SMILES string of the molecule is CCc1nn(C2CCOC2)c(CC)c1CO. The van der Waals surface area contributed by atoms with Crippen molar-refractivity contribution < 1.29 is 9.84 Å². The van der Waals surface area contributed by atoms with Crippen molar-refractivity contribution in [2.45, 2.75) is 45.8 Å². The lowest BCUT2D eigenvalue weighted by molar-refractivity contribution is 0.183. The van der Waals surface area contributed by atoms with Crippen molar-refractivity contribution >= 4 is 0 Å². The maximum absolute atomic E-state index is 9.43. The van der Waals surface area contributed by atoms with Gasteiger partial charge in [-0.3, -0.25) is 4.68 Å². The van der Waals surface area contributed by atoms with E-state index in [0.29, 0.717) is 6.04 Å². The van der Waals surface area contributed by atoms with Gasteiger partial charge in [0.05, 0.1) is 24.9 Å². The lowest BCUT2D eigenvalue weighted by atomic mass is 10.1. The third-order valence-electron chi connectivity index (χ3n) is 3.28. The maximum Gasteiger partial charge on any atom is 0.0777 e. The zero-order valence-electron chi connectivity index (χ0n) is 10.1. The van der Waals surface area contributed by atoms with Crippen molar-refractivity contribution in [2.24, 2.45) is 0 Å². The smallest absolute Gasteiger partial charge is 0.0777 e. The summed E-state index contributed by atoms with van der Waals surface area (Å²) in [7, 11) is 0. The van der Waals surface area contributed by atoms with E-state index in [2.05, 4.69) is 23.6 Å². The van der Waals surface area contributed by atoms with E-state index < -0.39 is 0 Å². The van der Waals surface area contributed by atoms with Gasteiger partial charge in [-0.05, 0) is 19.3 Å². The summed E-state index contributed by atoms with van der Waals surface area (Å²) in [6.45, 7) is 5.87. The van der Waals surface area contributed by atoms with Crippen molar-refractivity contribution in [1.29, 1.82) is 0 Å². The Bertz CT molecular complexity index is 354. The van der Waals surface area contributed by atoms with Crippen LogP contribution in [0.25, 0.3) is 0 Å². The second-order valence-corrected chi connectivity index (χ2v) is 4.20. The normalized spacial score (nSPS) is 20.6.